The van der Waals surface area contributed by atoms with Crippen molar-refractivity contribution in [1.29, 1.82) is 0 Å². The summed E-state index contributed by atoms with van der Waals surface area (Å²) in [6.07, 6.45) is 10.3. The lowest BCUT2D eigenvalue weighted by Gasteiger charge is -2.24. The lowest BCUT2D eigenvalue weighted by molar-refractivity contribution is -0.0431. The van der Waals surface area contributed by atoms with E-state index in [-0.39, 0.29) is 11.7 Å². The average molecular weight is 290 g/mol. The van der Waals surface area contributed by atoms with Crippen LogP contribution in [0.4, 0.5) is 0 Å². The van der Waals surface area contributed by atoms with Gasteiger partial charge in [-0.05, 0) is 38.5 Å². The molecule has 1 spiro atoms. The van der Waals surface area contributed by atoms with Gasteiger partial charge < -0.3 is 4.74 Å². The molecule has 1 aliphatic heterocycles. The van der Waals surface area contributed by atoms with Crippen molar-refractivity contribution in [2.45, 2.75) is 83.5 Å². The number of hydrogen-bond donors (Lipinski definition) is 0. The molecule has 4 heteroatoms. The van der Waals surface area contributed by atoms with Crippen molar-refractivity contribution in [3.8, 4) is 0 Å². The monoisotopic (exact) mass is 290 g/mol. The van der Waals surface area contributed by atoms with Crippen LogP contribution in [0.2, 0.25) is 0 Å². The van der Waals surface area contributed by atoms with Crippen molar-refractivity contribution in [3.63, 3.8) is 0 Å². The molecule has 21 heavy (non-hydrogen) atoms. The summed E-state index contributed by atoms with van der Waals surface area (Å²) in [5.74, 6) is 0. The van der Waals surface area contributed by atoms with Gasteiger partial charge in [0.2, 0.25) is 0 Å². The van der Waals surface area contributed by atoms with Gasteiger partial charge in [-0.3, -0.25) is 9.48 Å². The molecule has 1 atom stereocenters. The van der Waals surface area contributed by atoms with Crippen LogP contribution in [-0.2, 0) is 24.1 Å². The van der Waals surface area contributed by atoms with E-state index in [0.29, 0.717) is 0 Å². The Labute approximate surface area is 126 Å². The second kappa shape index (κ2) is 5.91. The van der Waals surface area contributed by atoms with Gasteiger partial charge in [-0.1, -0.05) is 26.7 Å². The third-order valence-electron chi connectivity index (χ3n) is 5.19. The molecular formula is C17H26N2O2. The maximum atomic E-state index is 11.3. The molecule has 1 saturated heterocycles. The second-order valence-electron chi connectivity index (χ2n) is 6.48. The van der Waals surface area contributed by atoms with E-state index in [0.717, 1.165) is 49.0 Å². The van der Waals surface area contributed by atoms with Gasteiger partial charge in [0.1, 0.15) is 0 Å². The number of rotatable bonds is 5. The van der Waals surface area contributed by atoms with E-state index >= 15 is 0 Å². The molecule has 1 aromatic rings. The first kappa shape index (κ1) is 14.8. The molecule has 0 N–H and O–H groups in total. The predicted molar refractivity (Wildman–Crippen MR) is 81.7 cm³/mol. The fourth-order valence-corrected chi connectivity index (χ4v) is 4.09. The molecule has 1 aliphatic carbocycles. The number of aromatic nitrogens is 2. The molecule has 0 bridgehead atoms. The second-order valence-corrected chi connectivity index (χ2v) is 6.48. The summed E-state index contributed by atoms with van der Waals surface area (Å²) in [5.41, 5.74) is 2.97. The van der Waals surface area contributed by atoms with Gasteiger partial charge in [-0.15, -0.1) is 0 Å². The minimum atomic E-state index is 0.172. The van der Waals surface area contributed by atoms with Gasteiger partial charge in [-0.2, -0.15) is 5.10 Å². The molecule has 0 aromatic carbocycles. The van der Waals surface area contributed by atoms with Gasteiger partial charge in [0.15, 0.2) is 6.29 Å². The van der Waals surface area contributed by atoms with Gasteiger partial charge >= 0.3 is 0 Å². The van der Waals surface area contributed by atoms with Crippen molar-refractivity contribution in [2.24, 2.45) is 0 Å². The van der Waals surface area contributed by atoms with Crippen molar-refractivity contribution >= 4 is 6.29 Å². The molecule has 0 amide bonds. The first-order valence-electron chi connectivity index (χ1n) is 8.43. The minimum Gasteiger partial charge on any atom is -0.370 e. The van der Waals surface area contributed by atoms with Crippen LogP contribution in [0.3, 0.4) is 0 Å². The smallest absolute Gasteiger partial charge is 0.153 e. The Morgan fingerprint density at radius 1 is 1.29 bits per heavy atom. The van der Waals surface area contributed by atoms with E-state index < -0.39 is 0 Å². The number of ether oxygens (including phenoxy) is 1. The highest BCUT2D eigenvalue weighted by Gasteiger charge is 2.42. The van der Waals surface area contributed by atoms with Crippen molar-refractivity contribution in [3.05, 3.63) is 17.0 Å². The quantitative estimate of drug-likeness (QED) is 0.781. The molecule has 1 aromatic heterocycles. The average Bonchev–Trinajstić information content (AvgIpc) is 3.19. The van der Waals surface area contributed by atoms with Crippen molar-refractivity contribution in [2.75, 3.05) is 0 Å². The molecular weight excluding hydrogens is 264 g/mol. The summed E-state index contributed by atoms with van der Waals surface area (Å²) in [5, 5.41) is 4.65. The number of aryl methyl sites for hydroxylation is 1. The molecule has 2 fully saturated rings. The standard InChI is InChI=1S/C17H26N2O2/c1-3-15-14(12-20)16(4-2)19(18-15)11-13-7-10-17(21-13)8-5-6-9-17/h12-13H,3-11H2,1-2H3. The zero-order valence-electron chi connectivity index (χ0n) is 13.2. The summed E-state index contributed by atoms with van der Waals surface area (Å²) < 4.78 is 8.41. The first-order chi connectivity index (χ1) is 10.2. The molecule has 116 valence electrons. The van der Waals surface area contributed by atoms with Gasteiger partial charge in [-0.25, -0.2) is 0 Å². The van der Waals surface area contributed by atoms with Crippen LogP contribution in [0.5, 0.6) is 0 Å². The van der Waals surface area contributed by atoms with Crippen LogP contribution >= 0.6 is 0 Å². The van der Waals surface area contributed by atoms with E-state index in [4.69, 9.17) is 4.74 Å². The van der Waals surface area contributed by atoms with E-state index in [1.165, 1.54) is 32.1 Å². The number of aldehydes is 1. The summed E-state index contributed by atoms with van der Waals surface area (Å²) in [6.45, 7) is 4.94. The van der Waals surface area contributed by atoms with Crippen LogP contribution in [0, 0.1) is 0 Å². The van der Waals surface area contributed by atoms with Gasteiger partial charge in [0.05, 0.1) is 29.5 Å². The topological polar surface area (TPSA) is 44.1 Å². The number of hydrogen-bond acceptors (Lipinski definition) is 3. The van der Waals surface area contributed by atoms with Crippen LogP contribution in [0.15, 0.2) is 0 Å². The molecule has 1 saturated carbocycles. The fourth-order valence-electron chi connectivity index (χ4n) is 4.09. The highest BCUT2D eigenvalue weighted by molar-refractivity contribution is 5.78. The van der Waals surface area contributed by atoms with Crippen LogP contribution in [-0.4, -0.2) is 27.8 Å². The Morgan fingerprint density at radius 3 is 2.67 bits per heavy atom. The van der Waals surface area contributed by atoms with Crippen molar-refractivity contribution in [1.82, 2.24) is 9.78 Å². The minimum absolute atomic E-state index is 0.172. The lowest BCUT2D eigenvalue weighted by Crippen LogP contribution is -2.27. The van der Waals surface area contributed by atoms with Crippen LogP contribution in [0.1, 0.15) is 74.1 Å². The number of carbonyl (C=O) groups is 1. The van der Waals surface area contributed by atoms with E-state index in [9.17, 15) is 4.79 Å². The zero-order chi connectivity index (χ0) is 14.9. The third-order valence-corrected chi connectivity index (χ3v) is 5.19. The summed E-state index contributed by atoms with van der Waals surface area (Å²) >= 11 is 0. The van der Waals surface area contributed by atoms with Crippen molar-refractivity contribution < 1.29 is 9.53 Å². The molecule has 3 rings (SSSR count). The maximum absolute atomic E-state index is 11.3. The van der Waals surface area contributed by atoms with Gasteiger partial charge in [0.25, 0.3) is 0 Å². The van der Waals surface area contributed by atoms with E-state index in [1.54, 1.807) is 0 Å². The summed E-state index contributed by atoms with van der Waals surface area (Å²) in [6, 6.07) is 0. The predicted octanol–water partition coefficient (Wildman–Crippen LogP) is 3.31. The van der Waals surface area contributed by atoms with E-state index in [1.807, 2.05) is 4.68 Å². The van der Waals surface area contributed by atoms with E-state index in [2.05, 4.69) is 18.9 Å². The van der Waals surface area contributed by atoms with Gasteiger partial charge in [0, 0.05) is 5.69 Å². The largest absolute Gasteiger partial charge is 0.370 e. The Hall–Kier alpha value is -1.16. The highest BCUT2D eigenvalue weighted by atomic mass is 16.5. The normalized spacial score (nSPS) is 24.0. The Balaban J connectivity index is 1.76. The Kier molecular flexibility index (Phi) is 4.16. The SMILES string of the molecule is CCc1nn(CC2CCC3(CCCC3)O2)c(CC)c1C=O. The number of carbonyl (C=O) groups excluding carboxylic acids is 1. The maximum Gasteiger partial charge on any atom is 0.153 e. The third kappa shape index (κ3) is 2.66. The molecule has 2 heterocycles. The van der Waals surface area contributed by atoms with Crippen LogP contribution in [0.25, 0.3) is 0 Å². The molecule has 1 unspecified atom stereocenters. The summed E-state index contributed by atoms with van der Waals surface area (Å²) in [7, 11) is 0. The molecule has 4 nitrogen and oxygen atoms in total. The zero-order valence-corrected chi connectivity index (χ0v) is 13.2. The first-order valence-corrected chi connectivity index (χ1v) is 8.43. The highest BCUT2D eigenvalue weighted by Crippen LogP contribution is 2.43. The summed E-state index contributed by atoms with van der Waals surface area (Å²) in [4.78, 5) is 11.3. The molecule has 0 radical (unpaired) electrons. The molecule has 2 aliphatic rings. The Bertz CT molecular complexity index is 515. The van der Waals surface area contributed by atoms with Crippen LogP contribution < -0.4 is 0 Å². The lowest BCUT2D eigenvalue weighted by atomic mass is 9.98. The fraction of sp³-hybridized carbons (Fsp3) is 0.765. The Morgan fingerprint density at radius 2 is 2.05 bits per heavy atom. The number of nitrogens with zero attached hydrogens (tertiary/aromatic N) is 2.